The number of rotatable bonds is 8. The second-order valence-corrected chi connectivity index (χ2v) is 8.18. The van der Waals surface area contributed by atoms with Crippen molar-refractivity contribution < 1.29 is 13.9 Å². The zero-order chi connectivity index (χ0) is 26.3. The minimum absolute atomic E-state index is 0.312. The Hall–Kier alpha value is -5.18. The Morgan fingerprint density at radius 2 is 1.68 bits per heavy atom. The molecule has 0 aliphatic heterocycles. The van der Waals surface area contributed by atoms with Gasteiger partial charge in [-0.25, -0.2) is 24.3 Å². The lowest BCUT2D eigenvalue weighted by Gasteiger charge is -2.12. The molecule has 188 valence electrons. The van der Waals surface area contributed by atoms with Gasteiger partial charge in [-0.2, -0.15) is 0 Å². The van der Waals surface area contributed by atoms with Crippen LogP contribution in [0.5, 0.6) is 11.6 Å². The molecule has 0 radical (unpaired) electrons. The average molecular weight is 507 g/mol. The fourth-order valence-corrected chi connectivity index (χ4v) is 3.69. The van der Waals surface area contributed by atoms with Gasteiger partial charge in [-0.1, -0.05) is 13.0 Å². The highest BCUT2D eigenvalue weighted by Gasteiger charge is 2.14. The standard InChI is InChI=1S/C29H23FN6O2/c1-2-26-31-17-14-25(36-26)23-8-4-16-33-29(23)38-22-12-10-20(11-13-22)35-28(37)24-9-5-15-32-27(24)34-21-7-3-6-19(30)18-21/h3-18H,2H2,1H3,(H,32,34)(H,35,37). The topological polar surface area (TPSA) is 102 Å². The zero-order valence-electron chi connectivity index (χ0n) is 20.4. The highest BCUT2D eigenvalue weighted by Crippen LogP contribution is 2.31. The van der Waals surface area contributed by atoms with Crippen molar-refractivity contribution in [1.82, 2.24) is 19.9 Å². The number of pyridine rings is 2. The van der Waals surface area contributed by atoms with Crippen molar-refractivity contribution >= 4 is 23.1 Å². The van der Waals surface area contributed by atoms with Crippen molar-refractivity contribution in [3.05, 3.63) is 115 Å². The highest BCUT2D eigenvalue weighted by molar-refractivity contribution is 6.07. The van der Waals surface area contributed by atoms with Gasteiger partial charge in [-0.05, 0) is 72.8 Å². The zero-order valence-corrected chi connectivity index (χ0v) is 20.4. The number of ether oxygens (including phenoxy) is 1. The Morgan fingerprint density at radius 3 is 2.50 bits per heavy atom. The number of amides is 1. The molecule has 38 heavy (non-hydrogen) atoms. The largest absolute Gasteiger partial charge is 0.438 e. The summed E-state index contributed by atoms with van der Waals surface area (Å²) < 4.78 is 19.6. The van der Waals surface area contributed by atoms with Gasteiger partial charge in [0.1, 0.15) is 23.2 Å². The molecule has 3 heterocycles. The van der Waals surface area contributed by atoms with E-state index in [1.165, 1.54) is 12.1 Å². The van der Waals surface area contributed by atoms with Crippen LogP contribution >= 0.6 is 0 Å². The van der Waals surface area contributed by atoms with E-state index in [1.807, 2.05) is 25.1 Å². The van der Waals surface area contributed by atoms with E-state index in [2.05, 4.69) is 30.6 Å². The molecule has 9 heteroatoms. The average Bonchev–Trinajstić information content (AvgIpc) is 2.95. The number of hydrogen-bond acceptors (Lipinski definition) is 7. The molecule has 0 spiro atoms. The first-order valence-electron chi connectivity index (χ1n) is 11.9. The van der Waals surface area contributed by atoms with Gasteiger partial charge in [-0.3, -0.25) is 4.79 Å². The second-order valence-electron chi connectivity index (χ2n) is 8.18. The molecule has 5 aromatic rings. The number of halogens is 1. The molecule has 0 fully saturated rings. The minimum atomic E-state index is -0.389. The summed E-state index contributed by atoms with van der Waals surface area (Å²) in [7, 11) is 0. The lowest BCUT2D eigenvalue weighted by atomic mass is 10.2. The van der Waals surface area contributed by atoms with Crippen LogP contribution in [-0.2, 0) is 6.42 Å². The fraction of sp³-hybridized carbons (Fsp3) is 0.0690. The third-order valence-electron chi connectivity index (χ3n) is 5.54. The molecule has 2 aromatic carbocycles. The predicted molar refractivity (Wildman–Crippen MR) is 143 cm³/mol. The minimum Gasteiger partial charge on any atom is -0.438 e. The molecule has 5 rings (SSSR count). The normalized spacial score (nSPS) is 10.6. The smallest absolute Gasteiger partial charge is 0.259 e. The number of carbonyl (C=O) groups is 1. The highest BCUT2D eigenvalue weighted by atomic mass is 19.1. The summed E-state index contributed by atoms with van der Waals surface area (Å²) in [6.07, 6.45) is 5.65. The molecule has 1 amide bonds. The van der Waals surface area contributed by atoms with Gasteiger partial charge in [0.2, 0.25) is 5.88 Å². The first-order chi connectivity index (χ1) is 18.6. The van der Waals surface area contributed by atoms with Gasteiger partial charge in [0.15, 0.2) is 0 Å². The van der Waals surface area contributed by atoms with Gasteiger partial charge in [-0.15, -0.1) is 0 Å². The van der Waals surface area contributed by atoms with Gasteiger partial charge >= 0.3 is 0 Å². The Labute approximate surface area is 218 Å². The number of aromatic nitrogens is 4. The van der Waals surface area contributed by atoms with Crippen LogP contribution in [-0.4, -0.2) is 25.8 Å². The second kappa shape index (κ2) is 11.3. The van der Waals surface area contributed by atoms with Crippen molar-refractivity contribution in [2.24, 2.45) is 0 Å². The molecule has 0 bridgehead atoms. The molecule has 0 aliphatic carbocycles. The van der Waals surface area contributed by atoms with Crippen LogP contribution in [0.1, 0.15) is 23.1 Å². The molecule has 3 aromatic heterocycles. The van der Waals surface area contributed by atoms with Gasteiger partial charge in [0.05, 0.1) is 16.8 Å². The van der Waals surface area contributed by atoms with E-state index in [1.54, 1.807) is 67.1 Å². The Bertz CT molecular complexity index is 1580. The molecule has 0 unspecified atom stereocenters. The van der Waals surface area contributed by atoms with Crippen molar-refractivity contribution in [3.8, 4) is 22.9 Å². The van der Waals surface area contributed by atoms with E-state index in [-0.39, 0.29) is 11.7 Å². The van der Waals surface area contributed by atoms with Crippen molar-refractivity contribution in [2.75, 3.05) is 10.6 Å². The summed E-state index contributed by atoms with van der Waals surface area (Å²) in [6, 6.07) is 21.7. The number of hydrogen-bond donors (Lipinski definition) is 2. The molecule has 0 atom stereocenters. The Kier molecular flexibility index (Phi) is 7.26. The fourth-order valence-electron chi connectivity index (χ4n) is 3.69. The summed E-state index contributed by atoms with van der Waals surface area (Å²) >= 11 is 0. The number of carbonyl (C=O) groups excluding carboxylic acids is 1. The number of nitrogens with zero attached hydrogens (tertiary/aromatic N) is 4. The number of nitrogens with one attached hydrogen (secondary N) is 2. The van der Waals surface area contributed by atoms with E-state index in [0.717, 1.165) is 23.5 Å². The maximum Gasteiger partial charge on any atom is 0.259 e. The SMILES string of the molecule is CCc1nccc(-c2cccnc2Oc2ccc(NC(=O)c3cccnc3Nc3cccc(F)c3)cc2)n1. The van der Waals surface area contributed by atoms with Gasteiger partial charge < -0.3 is 15.4 Å². The quantitative estimate of drug-likeness (QED) is 0.250. The molecular formula is C29H23FN6O2. The van der Waals surface area contributed by atoms with Crippen molar-refractivity contribution in [1.29, 1.82) is 0 Å². The number of anilines is 3. The molecule has 8 nitrogen and oxygen atoms in total. The maximum absolute atomic E-state index is 13.6. The van der Waals surface area contributed by atoms with Crippen LogP contribution in [0.25, 0.3) is 11.3 Å². The molecular weight excluding hydrogens is 483 g/mol. The predicted octanol–water partition coefficient (Wildman–Crippen LogP) is 6.42. The molecule has 2 N–H and O–H groups in total. The van der Waals surface area contributed by atoms with Crippen LogP contribution in [0.3, 0.4) is 0 Å². The van der Waals surface area contributed by atoms with Crippen LogP contribution in [0.2, 0.25) is 0 Å². The van der Waals surface area contributed by atoms with Crippen LogP contribution in [0, 0.1) is 5.82 Å². The van der Waals surface area contributed by atoms with E-state index < -0.39 is 0 Å². The van der Waals surface area contributed by atoms with E-state index in [4.69, 9.17) is 4.74 Å². The first-order valence-corrected chi connectivity index (χ1v) is 11.9. The van der Waals surface area contributed by atoms with E-state index in [0.29, 0.717) is 34.4 Å². The molecule has 0 saturated carbocycles. The van der Waals surface area contributed by atoms with Crippen LogP contribution in [0.15, 0.2) is 97.5 Å². The summed E-state index contributed by atoms with van der Waals surface area (Å²) in [5.74, 6) is 1.25. The van der Waals surface area contributed by atoms with Crippen LogP contribution < -0.4 is 15.4 Å². The van der Waals surface area contributed by atoms with Crippen molar-refractivity contribution in [2.45, 2.75) is 13.3 Å². The Morgan fingerprint density at radius 1 is 0.868 bits per heavy atom. The summed E-state index contributed by atoms with van der Waals surface area (Å²) in [4.78, 5) is 30.4. The maximum atomic E-state index is 13.6. The summed E-state index contributed by atoms with van der Waals surface area (Å²) in [5.41, 5.74) is 2.83. The van der Waals surface area contributed by atoms with Gasteiger partial charge in [0, 0.05) is 36.4 Å². The Balaban J connectivity index is 1.30. The van der Waals surface area contributed by atoms with E-state index in [9.17, 15) is 9.18 Å². The molecule has 0 saturated heterocycles. The third-order valence-corrected chi connectivity index (χ3v) is 5.54. The summed E-state index contributed by atoms with van der Waals surface area (Å²) in [5, 5.41) is 5.85. The third kappa shape index (κ3) is 5.79. The lowest BCUT2D eigenvalue weighted by molar-refractivity contribution is 0.102. The van der Waals surface area contributed by atoms with Crippen molar-refractivity contribution in [3.63, 3.8) is 0 Å². The number of aryl methyl sites for hydroxylation is 1. The lowest BCUT2D eigenvalue weighted by Crippen LogP contribution is -2.14. The van der Waals surface area contributed by atoms with Crippen LogP contribution in [0.4, 0.5) is 21.6 Å². The summed E-state index contributed by atoms with van der Waals surface area (Å²) in [6.45, 7) is 2.00. The van der Waals surface area contributed by atoms with E-state index >= 15 is 0 Å². The molecule has 0 aliphatic rings. The first kappa shape index (κ1) is 24.5. The van der Waals surface area contributed by atoms with Gasteiger partial charge in [0.25, 0.3) is 5.91 Å². The monoisotopic (exact) mass is 506 g/mol. The number of benzene rings is 2.